The maximum absolute atomic E-state index is 6.30. The van der Waals surface area contributed by atoms with Gasteiger partial charge in [0.25, 0.3) is 0 Å². The Morgan fingerprint density at radius 3 is 2.63 bits per heavy atom. The maximum atomic E-state index is 6.30. The molecule has 0 spiro atoms. The summed E-state index contributed by atoms with van der Waals surface area (Å²) in [5, 5.41) is 7.12. The molecule has 0 saturated carbocycles. The van der Waals surface area contributed by atoms with Crippen LogP contribution in [0.4, 0.5) is 0 Å². The largest absolute Gasteiger partial charge is 0.493 e. The zero-order valence-electron chi connectivity index (χ0n) is 16.3. The zero-order valence-corrected chi connectivity index (χ0v) is 16.3. The average Bonchev–Trinajstić information content (AvgIpc) is 3.13. The average molecular weight is 366 g/mol. The van der Waals surface area contributed by atoms with Gasteiger partial charge in [0.2, 0.25) is 0 Å². The van der Waals surface area contributed by atoms with Gasteiger partial charge in [0, 0.05) is 24.0 Å². The lowest BCUT2D eigenvalue weighted by molar-refractivity contribution is -0.0291. The Morgan fingerprint density at radius 1 is 1.11 bits per heavy atom. The summed E-state index contributed by atoms with van der Waals surface area (Å²) in [5.41, 5.74) is 3.31. The number of ether oxygens (including phenoxy) is 3. The number of rotatable bonds is 5. The smallest absolute Gasteiger partial charge is 0.188 e. The lowest BCUT2D eigenvalue weighted by Gasteiger charge is -2.38. The van der Waals surface area contributed by atoms with Crippen molar-refractivity contribution in [1.29, 1.82) is 0 Å². The standard InChI is InChI=1S/C22H26N2O3/c1-14(2)11-22-24-18(16-7-5-6-8-19(16)27-22)13-17(23-24)15-9-10-20(25-3)21(12-15)26-4/h5-10,12,14,18,22H,11,13H2,1-4H3/t18-,22+/m1/s1. The summed E-state index contributed by atoms with van der Waals surface area (Å²) in [6.07, 6.45) is 1.75. The van der Waals surface area contributed by atoms with Gasteiger partial charge in [-0.25, -0.2) is 0 Å². The molecule has 0 aliphatic carbocycles. The van der Waals surface area contributed by atoms with E-state index in [0.717, 1.165) is 41.4 Å². The molecule has 2 aromatic carbocycles. The van der Waals surface area contributed by atoms with Crippen molar-refractivity contribution in [2.24, 2.45) is 11.0 Å². The third-order valence-corrected chi connectivity index (χ3v) is 5.17. The van der Waals surface area contributed by atoms with Crippen LogP contribution in [-0.2, 0) is 0 Å². The SMILES string of the molecule is COc1ccc(C2=NN3[C@H](CC(C)C)Oc4ccccc4[C@H]3C2)cc1OC. The molecular weight excluding hydrogens is 340 g/mol. The highest BCUT2D eigenvalue weighted by molar-refractivity contribution is 6.02. The number of hydrogen-bond acceptors (Lipinski definition) is 5. The van der Waals surface area contributed by atoms with Gasteiger partial charge in [-0.2, -0.15) is 5.10 Å². The Morgan fingerprint density at radius 2 is 1.89 bits per heavy atom. The van der Waals surface area contributed by atoms with Gasteiger partial charge in [-0.3, -0.25) is 5.01 Å². The first kappa shape index (κ1) is 17.7. The van der Waals surface area contributed by atoms with E-state index in [2.05, 4.69) is 37.1 Å². The second-order valence-corrected chi connectivity index (χ2v) is 7.46. The Balaban J connectivity index is 1.70. The van der Waals surface area contributed by atoms with Crippen molar-refractivity contribution >= 4 is 5.71 Å². The number of nitrogens with zero attached hydrogens (tertiary/aromatic N) is 2. The molecule has 0 bridgehead atoms. The van der Waals surface area contributed by atoms with Crippen LogP contribution in [0, 0.1) is 5.92 Å². The Kier molecular flexibility index (Phi) is 4.68. The van der Waals surface area contributed by atoms with Crippen LogP contribution >= 0.6 is 0 Å². The van der Waals surface area contributed by atoms with Crippen LogP contribution in [-0.4, -0.2) is 31.2 Å². The molecule has 5 nitrogen and oxygen atoms in total. The van der Waals surface area contributed by atoms with Gasteiger partial charge in [0.1, 0.15) is 5.75 Å². The highest BCUT2D eigenvalue weighted by Gasteiger charge is 2.40. The van der Waals surface area contributed by atoms with Crippen molar-refractivity contribution in [3.05, 3.63) is 53.6 Å². The van der Waals surface area contributed by atoms with Crippen molar-refractivity contribution in [2.45, 2.75) is 39.0 Å². The fourth-order valence-electron chi connectivity index (χ4n) is 3.86. The number of hydrazone groups is 1. The van der Waals surface area contributed by atoms with E-state index in [9.17, 15) is 0 Å². The Labute approximate surface area is 160 Å². The van der Waals surface area contributed by atoms with Gasteiger partial charge >= 0.3 is 0 Å². The Hall–Kier alpha value is -2.69. The minimum atomic E-state index is -0.0393. The molecular formula is C22H26N2O3. The zero-order chi connectivity index (χ0) is 19.0. The summed E-state index contributed by atoms with van der Waals surface area (Å²) < 4.78 is 17.1. The normalized spacial score (nSPS) is 20.6. The van der Waals surface area contributed by atoms with E-state index < -0.39 is 0 Å². The summed E-state index contributed by atoms with van der Waals surface area (Å²) in [4.78, 5) is 0. The fourth-order valence-corrected chi connectivity index (χ4v) is 3.86. The van der Waals surface area contributed by atoms with Crippen LogP contribution in [0.3, 0.4) is 0 Å². The molecule has 2 aromatic rings. The predicted octanol–water partition coefficient (Wildman–Crippen LogP) is 4.62. The first-order chi connectivity index (χ1) is 13.1. The van der Waals surface area contributed by atoms with Crippen molar-refractivity contribution in [1.82, 2.24) is 5.01 Å². The van der Waals surface area contributed by atoms with E-state index >= 15 is 0 Å². The number of hydrogen-bond donors (Lipinski definition) is 0. The van der Waals surface area contributed by atoms with E-state index in [1.54, 1.807) is 14.2 Å². The van der Waals surface area contributed by atoms with Crippen LogP contribution in [0.1, 0.15) is 43.9 Å². The lowest BCUT2D eigenvalue weighted by Crippen LogP contribution is -2.41. The number of para-hydroxylation sites is 1. The number of fused-ring (bicyclic) bond motifs is 3. The van der Waals surface area contributed by atoms with E-state index in [1.165, 1.54) is 5.56 Å². The van der Waals surface area contributed by atoms with E-state index in [1.807, 2.05) is 24.3 Å². The molecule has 0 fully saturated rings. The highest BCUT2D eigenvalue weighted by Crippen LogP contribution is 2.44. The van der Waals surface area contributed by atoms with Crippen LogP contribution in [0.2, 0.25) is 0 Å². The molecule has 0 aromatic heterocycles. The van der Waals surface area contributed by atoms with E-state index in [4.69, 9.17) is 19.3 Å². The fraction of sp³-hybridized carbons (Fsp3) is 0.409. The highest BCUT2D eigenvalue weighted by atomic mass is 16.5. The summed E-state index contributed by atoms with van der Waals surface area (Å²) in [5.74, 6) is 2.95. The molecule has 0 radical (unpaired) electrons. The van der Waals surface area contributed by atoms with Crippen LogP contribution in [0.15, 0.2) is 47.6 Å². The van der Waals surface area contributed by atoms with Crippen molar-refractivity contribution in [3.8, 4) is 17.2 Å². The minimum absolute atomic E-state index is 0.0393. The molecule has 142 valence electrons. The van der Waals surface area contributed by atoms with E-state index in [0.29, 0.717) is 5.92 Å². The van der Waals surface area contributed by atoms with Gasteiger partial charge in [-0.1, -0.05) is 32.0 Å². The van der Waals surface area contributed by atoms with Crippen LogP contribution in [0.5, 0.6) is 17.2 Å². The predicted molar refractivity (Wildman–Crippen MR) is 106 cm³/mol. The second-order valence-electron chi connectivity index (χ2n) is 7.46. The van der Waals surface area contributed by atoms with Gasteiger partial charge in [0.05, 0.1) is 26.0 Å². The molecule has 2 aliphatic heterocycles. The summed E-state index contributed by atoms with van der Waals surface area (Å²) in [7, 11) is 3.31. The van der Waals surface area contributed by atoms with Gasteiger partial charge < -0.3 is 14.2 Å². The molecule has 5 heteroatoms. The molecule has 0 unspecified atom stereocenters. The van der Waals surface area contributed by atoms with Crippen molar-refractivity contribution in [2.75, 3.05) is 14.2 Å². The summed E-state index contributed by atoms with van der Waals surface area (Å²) in [6.45, 7) is 4.43. The molecule has 27 heavy (non-hydrogen) atoms. The molecule has 2 aliphatic rings. The monoisotopic (exact) mass is 366 g/mol. The van der Waals surface area contributed by atoms with E-state index in [-0.39, 0.29) is 12.3 Å². The molecule has 2 atom stereocenters. The molecule has 0 N–H and O–H groups in total. The summed E-state index contributed by atoms with van der Waals surface area (Å²) in [6, 6.07) is 14.5. The maximum Gasteiger partial charge on any atom is 0.188 e. The third kappa shape index (κ3) is 3.22. The van der Waals surface area contributed by atoms with Crippen LogP contribution < -0.4 is 14.2 Å². The van der Waals surface area contributed by atoms with Crippen molar-refractivity contribution in [3.63, 3.8) is 0 Å². The Bertz CT molecular complexity index is 862. The first-order valence-corrected chi connectivity index (χ1v) is 9.44. The van der Waals surface area contributed by atoms with Gasteiger partial charge in [0.15, 0.2) is 17.7 Å². The topological polar surface area (TPSA) is 43.3 Å². The minimum Gasteiger partial charge on any atom is -0.493 e. The lowest BCUT2D eigenvalue weighted by atomic mass is 9.95. The number of benzene rings is 2. The van der Waals surface area contributed by atoms with Crippen molar-refractivity contribution < 1.29 is 14.2 Å². The molecule has 2 heterocycles. The molecule has 4 rings (SSSR count). The van der Waals surface area contributed by atoms with Gasteiger partial charge in [-0.15, -0.1) is 0 Å². The summed E-state index contributed by atoms with van der Waals surface area (Å²) >= 11 is 0. The van der Waals surface area contributed by atoms with Gasteiger partial charge in [-0.05, 0) is 30.2 Å². The number of methoxy groups -OCH3 is 2. The van der Waals surface area contributed by atoms with Crippen LogP contribution in [0.25, 0.3) is 0 Å². The molecule has 0 saturated heterocycles. The third-order valence-electron chi connectivity index (χ3n) is 5.17. The first-order valence-electron chi connectivity index (χ1n) is 9.44. The second kappa shape index (κ2) is 7.14. The molecule has 0 amide bonds. The quantitative estimate of drug-likeness (QED) is 0.774.